The standard InChI is InChI=1S/C20H26FN5O/c21-17-4-2-15(3-5-17)13-25-7-1-8-26(10-9-25)19-12-18(23-20(22)24-19)16-6-11-27-14-16/h2-5,12,16H,1,6-11,13-14H2,(H2,22,23,24). The molecule has 2 saturated heterocycles. The summed E-state index contributed by atoms with van der Waals surface area (Å²) in [5.41, 5.74) is 8.11. The van der Waals surface area contributed by atoms with Gasteiger partial charge >= 0.3 is 0 Å². The summed E-state index contributed by atoms with van der Waals surface area (Å²) in [6.07, 6.45) is 2.04. The van der Waals surface area contributed by atoms with Gasteiger partial charge in [-0.05, 0) is 30.5 Å². The van der Waals surface area contributed by atoms with Crippen molar-refractivity contribution in [1.82, 2.24) is 14.9 Å². The molecule has 0 saturated carbocycles. The Morgan fingerprint density at radius 2 is 1.96 bits per heavy atom. The van der Waals surface area contributed by atoms with Crippen LogP contribution in [0.1, 0.15) is 30.0 Å². The highest BCUT2D eigenvalue weighted by molar-refractivity contribution is 5.44. The minimum atomic E-state index is -0.189. The van der Waals surface area contributed by atoms with Gasteiger partial charge in [-0.1, -0.05) is 12.1 Å². The van der Waals surface area contributed by atoms with E-state index in [1.807, 2.05) is 12.1 Å². The molecule has 0 bridgehead atoms. The number of aromatic nitrogens is 2. The molecule has 0 aliphatic carbocycles. The molecule has 27 heavy (non-hydrogen) atoms. The van der Waals surface area contributed by atoms with Crippen molar-refractivity contribution in [3.05, 3.63) is 47.4 Å². The summed E-state index contributed by atoms with van der Waals surface area (Å²) in [5, 5.41) is 0. The Morgan fingerprint density at radius 3 is 2.74 bits per heavy atom. The van der Waals surface area contributed by atoms with E-state index in [-0.39, 0.29) is 5.82 Å². The summed E-state index contributed by atoms with van der Waals surface area (Å²) >= 11 is 0. The molecule has 1 aromatic heterocycles. The average Bonchev–Trinajstić information content (AvgIpc) is 3.10. The molecule has 4 rings (SSSR count). The Labute approximate surface area is 159 Å². The number of nitrogen functional groups attached to an aromatic ring is 1. The van der Waals surface area contributed by atoms with Crippen LogP contribution < -0.4 is 10.6 Å². The van der Waals surface area contributed by atoms with Crippen molar-refractivity contribution in [2.45, 2.75) is 25.3 Å². The van der Waals surface area contributed by atoms with Gasteiger partial charge in [-0.3, -0.25) is 4.90 Å². The minimum absolute atomic E-state index is 0.189. The predicted octanol–water partition coefficient (Wildman–Crippen LogP) is 2.41. The number of hydrogen-bond acceptors (Lipinski definition) is 6. The SMILES string of the molecule is Nc1nc(C2CCOC2)cc(N2CCCN(Cc3ccc(F)cc3)CC2)n1. The second-order valence-corrected chi connectivity index (χ2v) is 7.31. The predicted molar refractivity (Wildman–Crippen MR) is 103 cm³/mol. The molecule has 7 heteroatoms. The molecule has 1 unspecified atom stereocenters. The zero-order chi connectivity index (χ0) is 18.6. The topological polar surface area (TPSA) is 67.5 Å². The number of rotatable bonds is 4. The summed E-state index contributed by atoms with van der Waals surface area (Å²) in [6, 6.07) is 8.85. The number of nitrogens with two attached hydrogens (primary N) is 1. The van der Waals surface area contributed by atoms with E-state index in [0.717, 1.165) is 69.2 Å². The molecule has 0 amide bonds. The van der Waals surface area contributed by atoms with Crippen molar-refractivity contribution in [3.63, 3.8) is 0 Å². The smallest absolute Gasteiger partial charge is 0.222 e. The van der Waals surface area contributed by atoms with E-state index in [1.54, 1.807) is 0 Å². The normalized spacial score (nSPS) is 21.4. The van der Waals surface area contributed by atoms with Crippen LogP contribution in [0, 0.1) is 5.82 Å². The molecule has 2 N–H and O–H groups in total. The molecule has 1 atom stereocenters. The van der Waals surface area contributed by atoms with Crippen LogP contribution in [-0.2, 0) is 11.3 Å². The highest BCUT2D eigenvalue weighted by Gasteiger charge is 2.22. The van der Waals surface area contributed by atoms with Gasteiger partial charge in [0, 0.05) is 51.3 Å². The average molecular weight is 371 g/mol. The Kier molecular flexibility index (Phi) is 5.50. The highest BCUT2D eigenvalue weighted by atomic mass is 19.1. The minimum Gasteiger partial charge on any atom is -0.381 e. The maximum Gasteiger partial charge on any atom is 0.222 e. The first-order chi connectivity index (χ1) is 13.2. The summed E-state index contributed by atoms with van der Waals surface area (Å²) in [5.74, 6) is 1.37. The molecule has 2 aliphatic rings. The Balaban J connectivity index is 1.42. The van der Waals surface area contributed by atoms with E-state index in [1.165, 1.54) is 12.1 Å². The van der Waals surface area contributed by atoms with Crippen molar-refractivity contribution in [3.8, 4) is 0 Å². The van der Waals surface area contributed by atoms with Crippen LogP contribution in [0.5, 0.6) is 0 Å². The lowest BCUT2D eigenvalue weighted by Gasteiger charge is -2.23. The maximum absolute atomic E-state index is 13.1. The van der Waals surface area contributed by atoms with Crippen LogP contribution in [0.4, 0.5) is 16.2 Å². The van der Waals surface area contributed by atoms with Crippen LogP contribution in [0.3, 0.4) is 0 Å². The van der Waals surface area contributed by atoms with E-state index in [2.05, 4.69) is 25.8 Å². The Hall–Kier alpha value is -2.25. The highest BCUT2D eigenvalue weighted by Crippen LogP contribution is 2.27. The number of halogens is 1. The van der Waals surface area contributed by atoms with E-state index < -0.39 is 0 Å². The summed E-state index contributed by atoms with van der Waals surface area (Å²) in [6.45, 7) is 6.11. The first-order valence-electron chi connectivity index (χ1n) is 9.61. The van der Waals surface area contributed by atoms with Crippen molar-refractivity contribution in [2.24, 2.45) is 0 Å². The first-order valence-corrected chi connectivity index (χ1v) is 9.61. The van der Waals surface area contributed by atoms with Crippen molar-refractivity contribution >= 4 is 11.8 Å². The molecule has 6 nitrogen and oxygen atoms in total. The summed E-state index contributed by atoms with van der Waals surface area (Å²) in [7, 11) is 0. The Morgan fingerprint density at radius 1 is 1.11 bits per heavy atom. The molecule has 144 valence electrons. The lowest BCUT2D eigenvalue weighted by atomic mass is 10.0. The van der Waals surface area contributed by atoms with Gasteiger partial charge in [0.1, 0.15) is 11.6 Å². The quantitative estimate of drug-likeness (QED) is 0.890. The molecule has 2 fully saturated rings. The van der Waals surface area contributed by atoms with Gasteiger partial charge in [0.2, 0.25) is 5.95 Å². The molecule has 0 spiro atoms. The van der Waals surface area contributed by atoms with Gasteiger partial charge in [-0.15, -0.1) is 0 Å². The van der Waals surface area contributed by atoms with Crippen LogP contribution in [-0.4, -0.2) is 54.3 Å². The summed E-state index contributed by atoms with van der Waals surface area (Å²) in [4.78, 5) is 13.6. The van der Waals surface area contributed by atoms with Gasteiger partial charge in [-0.25, -0.2) is 9.37 Å². The zero-order valence-corrected chi connectivity index (χ0v) is 15.5. The first kappa shape index (κ1) is 18.1. The lowest BCUT2D eigenvalue weighted by Crippen LogP contribution is -2.31. The third-order valence-corrected chi connectivity index (χ3v) is 5.33. The van der Waals surface area contributed by atoms with E-state index in [0.29, 0.717) is 18.5 Å². The molecule has 2 aliphatic heterocycles. The summed E-state index contributed by atoms with van der Waals surface area (Å²) < 4.78 is 18.6. The van der Waals surface area contributed by atoms with Crippen molar-refractivity contribution < 1.29 is 9.13 Å². The van der Waals surface area contributed by atoms with Gasteiger partial charge < -0.3 is 15.4 Å². The fourth-order valence-electron chi connectivity index (χ4n) is 3.82. The zero-order valence-electron chi connectivity index (χ0n) is 15.5. The number of anilines is 2. The molecule has 1 aromatic carbocycles. The van der Waals surface area contributed by atoms with Crippen LogP contribution in [0.2, 0.25) is 0 Å². The van der Waals surface area contributed by atoms with Crippen LogP contribution in [0.15, 0.2) is 30.3 Å². The van der Waals surface area contributed by atoms with Crippen LogP contribution >= 0.6 is 0 Å². The monoisotopic (exact) mass is 371 g/mol. The lowest BCUT2D eigenvalue weighted by molar-refractivity contribution is 0.193. The number of nitrogens with zero attached hydrogens (tertiary/aromatic N) is 4. The number of hydrogen-bond donors (Lipinski definition) is 1. The van der Waals surface area contributed by atoms with Crippen molar-refractivity contribution in [2.75, 3.05) is 50.0 Å². The third-order valence-electron chi connectivity index (χ3n) is 5.33. The van der Waals surface area contributed by atoms with E-state index >= 15 is 0 Å². The van der Waals surface area contributed by atoms with Gasteiger partial charge in [-0.2, -0.15) is 4.98 Å². The molecule has 2 aromatic rings. The number of ether oxygens (including phenoxy) is 1. The second-order valence-electron chi connectivity index (χ2n) is 7.31. The molecular formula is C20H26FN5O. The van der Waals surface area contributed by atoms with Gasteiger partial charge in [0.25, 0.3) is 0 Å². The fraction of sp³-hybridized carbons (Fsp3) is 0.500. The van der Waals surface area contributed by atoms with Crippen LogP contribution in [0.25, 0.3) is 0 Å². The molecular weight excluding hydrogens is 345 g/mol. The van der Waals surface area contributed by atoms with Gasteiger partial charge in [0.05, 0.1) is 12.3 Å². The fourth-order valence-corrected chi connectivity index (χ4v) is 3.82. The Bertz CT molecular complexity index is 763. The van der Waals surface area contributed by atoms with E-state index in [4.69, 9.17) is 10.5 Å². The second kappa shape index (κ2) is 8.19. The maximum atomic E-state index is 13.1. The number of benzene rings is 1. The van der Waals surface area contributed by atoms with Gasteiger partial charge in [0.15, 0.2) is 0 Å². The largest absolute Gasteiger partial charge is 0.381 e. The molecule has 0 radical (unpaired) electrons. The third kappa shape index (κ3) is 4.54. The van der Waals surface area contributed by atoms with E-state index in [9.17, 15) is 4.39 Å². The molecule has 3 heterocycles. The van der Waals surface area contributed by atoms with Crippen molar-refractivity contribution in [1.29, 1.82) is 0 Å².